The van der Waals surface area contributed by atoms with E-state index in [9.17, 15) is 9.90 Å². The zero-order chi connectivity index (χ0) is 15.6. The third-order valence-electron chi connectivity index (χ3n) is 2.97. The van der Waals surface area contributed by atoms with Gasteiger partial charge in [-0.2, -0.15) is 4.98 Å². The van der Waals surface area contributed by atoms with E-state index < -0.39 is 12.1 Å². The Labute approximate surface area is 122 Å². The molecule has 3 N–H and O–H groups in total. The van der Waals surface area contributed by atoms with Gasteiger partial charge in [0.1, 0.15) is 5.52 Å². The lowest BCUT2D eigenvalue weighted by Crippen LogP contribution is -2.25. The average molecular weight is 292 g/mol. The van der Waals surface area contributed by atoms with E-state index in [1.807, 2.05) is 0 Å². The maximum Gasteiger partial charge on any atom is 0.335 e. The fourth-order valence-electron chi connectivity index (χ4n) is 2.12. The van der Waals surface area contributed by atoms with Crippen molar-refractivity contribution in [1.82, 2.24) is 4.98 Å². The Kier molecular flexibility index (Phi) is 4.18. The highest BCUT2D eigenvalue weighted by Crippen LogP contribution is 2.22. The number of aromatic carboxylic acids is 1. The molecule has 0 radical (unpaired) electrons. The predicted molar refractivity (Wildman–Crippen MR) is 79.5 cm³/mol. The fourth-order valence-corrected chi connectivity index (χ4v) is 2.12. The van der Waals surface area contributed by atoms with E-state index in [1.165, 1.54) is 12.1 Å². The normalized spacial score (nSPS) is 13.3. The van der Waals surface area contributed by atoms with Crippen LogP contribution in [0.1, 0.15) is 37.6 Å². The van der Waals surface area contributed by atoms with Crippen LogP contribution in [0.4, 0.5) is 6.01 Å². The van der Waals surface area contributed by atoms with Gasteiger partial charge in [-0.1, -0.05) is 20.8 Å². The molecule has 2 aromatic rings. The second-order valence-electron chi connectivity index (χ2n) is 6.31. The molecule has 6 heteroatoms. The number of carboxylic acid groups (broad SMARTS) is 1. The van der Waals surface area contributed by atoms with Gasteiger partial charge in [0.25, 0.3) is 6.01 Å². The highest BCUT2D eigenvalue weighted by molar-refractivity contribution is 5.92. The number of fused-ring (bicyclic) bond motifs is 1. The molecule has 1 heterocycles. The molecule has 0 aliphatic carbocycles. The van der Waals surface area contributed by atoms with E-state index >= 15 is 0 Å². The fraction of sp³-hybridized carbons (Fsp3) is 0.467. The van der Waals surface area contributed by atoms with E-state index in [-0.39, 0.29) is 17.0 Å². The Morgan fingerprint density at radius 2 is 2.14 bits per heavy atom. The minimum absolute atomic E-state index is 0.0405. The number of aromatic nitrogens is 1. The van der Waals surface area contributed by atoms with E-state index in [0.717, 1.165) is 0 Å². The number of benzene rings is 1. The quantitative estimate of drug-likeness (QED) is 0.784. The summed E-state index contributed by atoms with van der Waals surface area (Å²) in [6.45, 7) is 6.51. The highest BCUT2D eigenvalue weighted by atomic mass is 16.4. The summed E-state index contributed by atoms with van der Waals surface area (Å²) in [7, 11) is 0. The van der Waals surface area contributed by atoms with Crippen LogP contribution in [0, 0.1) is 5.41 Å². The van der Waals surface area contributed by atoms with E-state index in [2.05, 4.69) is 31.1 Å². The molecule has 0 aliphatic rings. The summed E-state index contributed by atoms with van der Waals surface area (Å²) in [4.78, 5) is 15.1. The molecule has 1 aromatic heterocycles. The Morgan fingerprint density at radius 1 is 1.43 bits per heavy atom. The van der Waals surface area contributed by atoms with Gasteiger partial charge in [0.15, 0.2) is 5.58 Å². The van der Waals surface area contributed by atoms with Crippen molar-refractivity contribution in [3.05, 3.63) is 23.8 Å². The van der Waals surface area contributed by atoms with E-state index in [4.69, 9.17) is 9.52 Å². The number of anilines is 1. The number of carboxylic acids is 1. The summed E-state index contributed by atoms with van der Waals surface area (Å²) >= 11 is 0. The number of oxazole rings is 1. The van der Waals surface area contributed by atoms with Crippen LogP contribution in [-0.2, 0) is 0 Å². The number of rotatable bonds is 5. The van der Waals surface area contributed by atoms with Crippen molar-refractivity contribution in [3.8, 4) is 0 Å². The van der Waals surface area contributed by atoms with Crippen molar-refractivity contribution in [1.29, 1.82) is 0 Å². The predicted octanol–water partition coefficient (Wildman–Crippen LogP) is 2.74. The standard InChI is InChI=1S/C15H20N2O4/c1-15(2,3)7-10(18)8-16-14-17-11-5-4-9(13(19)20)6-12(11)21-14/h4-6,10,18H,7-8H2,1-3H3,(H,16,17)(H,19,20). The third-order valence-corrected chi connectivity index (χ3v) is 2.97. The van der Waals surface area contributed by atoms with Crippen LogP contribution in [0.3, 0.4) is 0 Å². The molecular formula is C15H20N2O4. The lowest BCUT2D eigenvalue weighted by atomic mass is 9.89. The highest BCUT2D eigenvalue weighted by Gasteiger charge is 2.17. The number of nitrogens with zero attached hydrogens (tertiary/aromatic N) is 1. The molecular weight excluding hydrogens is 272 g/mol. The molecule has 114 valence electrons. The van der Waals surface area contributed by atoms with Crippen LogP contribution in [0.5, 0.6) is 0 Å². The van der Waals surface area contributed by atoms with Gasteiger partial charge in [-0.25, -0.2) is 4.79 Å². The lowest BCUT2D eigenvalue weighted by Gasteiger charge is -2.22. The van der Waals surface area contributed by atoms with Crippen LogP contribution < -0.4 is 5.32 Å². The minimum atomic E-state index is -1.01. The summed E-state index contributed by atoms with van der Waals surface area (Å²) < 4.78 is 5.44. The van der Waals surface area contributed by atoms with E-state index in [0.29, 0.717) is 24.1 Å². The molecule has 0 fully saturated rings. The summed E-state index contributed by atoms with van der Waals surface area (Å²) in [5.41, 5.74) is 1.17. The number of carbonyl (C=O) groups is 1. The van der Waals surface area contributed by atoms with Crippen molar-refractivity contribution in [3.63, 3.8) is 0 Å². The second kappa shape index (κ2) is 5.73. The van der Waals surface area contributed by atoms with Crippen molar-refractivity contribution < 1.29 is 19.4 Å². The van der Waals surface area contributed by atoms with Crippen molar-refractivity contribution >= 4 is 23.1 Å². The van der Waals surface area contributed by atoms with Crippen molar-refractivity contribution in [2.45, 2.75) is 33.3 Å². The summed E-state index contributed by atoms with van der Waals surface area (Å²) in [6.07, 6.45) is 0.151. The van der Waals surface area contributed by atoms with Gasteiger partial charge in [-0.05, 0) is 30.0 Å². The maximum atomic E-state index is 10.9. The zero-order valence-electron chi connectivity index (χ0n) is 12.4. The monoisotopic (exact) mass is 292 g/mol. The second-order valence-corrected chi connectivity index (χ2v) is 6.31. The van der Waals surface area contributed by atoms with Gasteiger partial charge in [0, 0.05) is 6.54 Å². The Morgan fingerprint density at radius 3 is 2.76 bits per heavy atom. The van der Waals surface area contributed by atoms with Crippen LogP contribution in [0.2, 0.25) is 0 Å². The molecule has 1 atom stereocenters. The lowest BCUT2D eigenvalue weighted by molar-refractivity contribution is 0.0697. The molecule has 0 bridgehead atoms. The Hall–Kier alpha value is -2.08. The van der Waals surface area contributed by atoms with Crippen LogP contribution in [0.25, 0.3) is 11.1 Å². The molecule has 0 amide bonds. The number of hydrogen-bond donors (Lipinski definition) is 3. The van der Waals surface area contributed by atoms with E-state index in [1.54, 1.807) is 6.07 Å². The molecule has 2 rings (SSSR count). The topological polar surface area (TPSA) is 95.6 Å². The zero-order valence-corrected chi connectivity index (χ0v) is 12.4. The first kappa shape index (κ1) is 15.3. The van der Waals surface area contributed by atoms with Crippen molar-refractivity contribution in [2.24, 2.45) is 5.41 Å². The first-order valence-electron chi connectivity index (χ1n) is 6.80. The first-order valence-corrected chi connectivity index (χ1v) is 6.80. The summed E-state index contributed by atoms with van der Waals surface area (Å²) in [6, 6.07) is 4.78. The number of aliphatic hydroxyl groups is 1. The SMILES string of the molecule is CC(C)(C)CC(O)CNc1nc2ccc(C(=O)O)cc2o1. The molecule has 1 unspecified atom stereocenters. The molecule has 6 nitrogen and oxygen atoms in total. The summed E-state index contributed by atoms with van der Waals surface area (Å²) in [5, 5.41) is 21.8. The van der Waals surface area contributed by atoms with Gasteiger partial charge in [-0.3, -0.25) is 0 Å². The molecule has 1 aromatic carbocycles. The number of hydrogen-bond acceptors (Lipinski definition) is 5. The molecule has 0 spiro atoms. The number of nitrogens with one attached hydrogen (secondary N) is 1. The van der Waals surface area contributed by atoms with Gasteiger partial charge in [0.05, 0.1) is 11.7 Å². The average Bonchev–Trinajstić information content (AvgIpc) is 2.75. The van der Waals surface area contributed by atoms with Crippen LogP contribution >= 0.6 is 0 Å². The molecule has 0 saturated carbocycles. The molecule has 0 aliphatic heterocycles. The van der Waals surface area contributed by atoms with Gasteiger partial charge in [-0.15, -0.1) is 0 Å². The Balaban J connectivity index is 2.04. The maximum absolute atomic E-state index is 10.9. The smallest absolute Gasteiger partial charge is 0.335 e. The molecule has 21 heavy (non-hydrogen) atoms. The molecule has 0 saturated heterocycles. The Bertz CT molecular complexity index is 643. The first-order chi connectivity index (χ1) is 9.74. The van der Waals surface area contributed by atoms with Crippen LogP contribution in [0.15, 0.2) is 22.6 Å². The van der Waals surface area contributed by atoms with Crippen molar-refractivity contribution in [2.75, 3.05) is 11.9 Å². The van der Waals surface area contributed by atoms with Gasteiger partial charge < -0.3 is 19.9 Å². The number of aliphatic hydroxyl groups excluding tert-OH is 1. The largest absolute Gasteiger partial charge is 0.478 e. The van der Waals surface area contributed by atoms with Gasteiger partial charge >= 0.3 is 5.97 Å². The van der Waals surface area contributed by atoms with Crippen LogP contribution in [-0.4, -0.2) is 33.8 Å². The third kappa shape index (κ3) is 4.19. The van der Waals surface area contributed by atoms with Gasteiger partial charge in [0.2, 0.25) is 0 Å². The minimum Gasteiger partial charge on any atom is -0.478 e. The summed E-state index contributed by atoms with van der Waals surface area (Å²) in [5.74, 6) is -1.01.